The second-order valence-electron chi connectivity index (χ2n) is 12.5. The van der Waals surface area contributed by atoms with E-state index in [0.29, 0.717) is 29.6 Å². The van der Waals surface area contributed by atoms with Crippen LogP contribution in [0.5, 0.6) is 23.0 Å². The summed E-state index contributed by atoms with van der Waals surface area (Å²) in [5, 5.41) is 14.3. The first kappa shape index (κ1) is 36.1. The fraction of sp³-hybridized carbons (Fsp3) is 0.400. The highest BCUT2D eigenvalue weighted by atomic mass is 32.1. The van der Waals surface area contributed by atoms with E-state index in [0.717, 1.165) is 11.3 Å². The lowest BCUT2D eigenvalue weighted by Crippen LogP contribution is -2.55. The normalized spacial score (nSPS) is 19.2. The summed E-state index contributed by atoms with van der Waals surface area (Å²) in [7, 11) is 1.44. The van der Waals surface area contributed by atoms with Crippen molar-refractivity contribution in [3.8, 4) is 34.5 Å². The van der Waals surface area contributed by atoms with Crippen LogP contribution < -0.4 is 34.9 Å². The van der Waals surface area contributed by atoms with E-state index < -0.39 is 41.8 Å². The number of aromatic nitrogens is 3. The van der Waals surface area contributed by atoms with E-state index in [2.05, 4.69) is 31.1 Å². The molecule has 3 atom stereocenters. The number of pyridine rings is 1. The minimum absolute atomic E-state index is 0.0126. The Balaban J connectivity index is 1.25. The molecular formula is C35H39N7O9S. The van der Waals surface area contributed by atoms with Gasteiger partial charge in [-0.3, -0.25) is 24.2 Å². The molecule has 0 spiro atoms. The predicted octanol–water partition coefficient (Wildman–Crippen LogP) is 2.49. The lowest BCUT2D eigenvalue weighted by atomic mass is 10.0. The Bertz CT molecular complexity index is 1920. The molecule has 0 radical (unpaired) electrons. The van der Waals surface area contributed by atoms with Gasteiger partial charge < -0.3 is 44.3 Å². The zero-order valence-electron chi connectivity index (χ0n) is 29.0. The Labute approximate surface area is 303 Å². The summed E-state index contributed by atoms with van der Waals surface area (Å²) in [6, 6.07) is 8.49. The van der Waals surface area contributed by atoms with Crippen LogP contribution in [0.3, 0.4) is 0 Å². The number of carbonyl (C=O) groups is 4. The highest BCUT2D eigenvalue weighted by Gasteiger charge is 2.34. The number of fused-ring (bicyclic) bond motifs is 3. The Morgan fingerprint density at radius 1 is 1.12 bits per heavy atom. The molecule has 4 aromatic rings. The molecule has 16 nitrogen and oxygen atoms in total. The molecule has 2 unspecified atom stereocenters. The number of rotatable bonds is 8. The highest BCUT2D eigenvalue weighted by Crippen LogP contribution is 2.40. The van der Waals surface area contributed by atoms with Crippen LogP contribution in [-0.4, -0.2) is 102 Å². The van der Waals surface area contributed by atoms with Crippen LogP contribution in [0.1, 0.15) is 46.7 Å². The molecule has 3 aromatic heterocycles. The van der Waals surface area contributed by atoms with Crippen molar-refractivity contribution in [3.05, 3.63) is 64.3 Å². The Morgan fingerprint density at radius 2 is 1.94 bits per heavy atom. The lowest BCUT2D eigenvalue weighted by Gasteiger charge is -2.32. The van der Waals surface area contributed by atoms with E-state index >= 15 is 0 Å². The molecular weight excluding hydrogens is 694 g/mol. The van der Waals surface area contributed by atoms with Gasteiger partial charge in [-0.2, -0.15) is 4.98 Å². The smallest absolute Gasteiger partial charge is 0.268 e. The molecule has 0 saturated heterocycles. The molecule has 5 heterocycles. The third-order valence-corrected chi connectivity index (χ3v) is 9.36. The topological polar surface area (TPSA) is 196 Å². The van der Waals surface area contributed by atoms with Gasteiger partial charge in [0, 0.05) is 42.7 Å². The number of methoxy groups -OCH3 is 1. The van der Waals surface area contributed by atoms with Gasteiger partial charge in [0.15, 0.2) is 29.1 Å². The number of benzene rings is 1. The zero-order valence-corrected chi connectivity index (χ0v) is 29.9. The van der Waals surface area contributed by atoms with Crippen LogP contribution in [0.25, 0.3) is 11.5 Å². The second-order valence-corrected chi connectivity index (χ2v) is 13.4. The van der Waals surface area contributed by atoms with Gasteiger partial charge in [-0.05, 0) is 43.2 Å². The first-order valence-corrected chi connectivity index (χ1v) is 17.6. The summed E-state index contributed by atoms with van der Waals surface area (Å²) in [5.41, 5.74) is 0.784. The van der Waals surface area contributed by atoms with Crippen molar-refractivity contribution in [2.45, 2.75) is 45.4 Å². The molecule has 17 heteroatoms. The van der Waals surface area contributed by atoms with Crippen LogP contribution in [0.15, 0.2) is 52.5 Å². The summed E-state index contributed by atoms with van der Waals surface area (Å²) < 4.78 is 28.4. The third-order valence-electron chi connectivity index (χ3n) is 8.44. The van der Waals surface area contributed by atoms with Crippen LogP contribution in [-0.2, 0) is 16.0 Å². The first-order valence-electron chi connectivity index (χ1n) is 16.7. The maximum absolute atomic E-state index is 14.0. The minimum Gasteiger partial charge on any atom is -0.493 e. The molecule has 52 heavy (non-hydrogen) atoms. The van der Waals surface area contributed by atoms with Crippen molar-refractivity contribution in [1.82, 2.24) is 36.0 Å². The van der Waals surface area contributed by atoms with Crippen molar-refractivity contribution in [2.24, 2.45) is 5.92 Å². The molecule has 274 valence electrons. The number of carbonyl (C=O) groups excluding carboxylic acids is 4. The van der Waals surface area contributed by atoms with Gasteiger partial charge in [-0.15, -0.1) is 11.3 Å². The molecule has 3 N–H and O–H groups in total. The van der Waals surface area contributed by atoms with E-state index in [4.69, 9.17) is 23.5 Å². The van der Waals surface area contributed by atoms with Gasteiger partial charge in [0.05, 0.1) is 19.7 Å². The number of nitrogens with zero attached hydrogens (tertiary/aromatic N) is 4. The molecule has 0 saturated carbocycles. The molecule has 2 aliphatic rings. The van der Waals surface area contributed by atoms with Gasteiger partial charge in [0.25, 0.3) is 17.7 Å². The maximum Gasteiger partial charge on any atom is 0.268 e. The number of hydrogen-bond donors (Lipinski definition) is 3. The van der Waals surface area contributed by atoms with Crippen LogP contribution in [0.2, 0.25) is 0 Å². The van der Waals surface area contributed by atoms with Crippen molar-refractivity contribution in [2.75, 3.05) is 40.0 Å². The monoisotopic (exact) mass is 733 g/mol. The van der Waals surface area contributed by atoms with Gasteiger partial charge in [0.2, 0.25) is 17.6 Å². The molecule has 0 aliphatic carbocycles. The lowest BCUT2D eigenvalue weighted by molar-refractivity contribution is -0.130. The summed E-state index contributed by atoms with van der Waals surface area (Å²) in [4.78, 5) is 65.3. The van der Waals surface area contributed by atoms with Gasteiger partial charge in [0.1, 0.15) is 23.8 Å². The SMILES string of the molecule is COc1ccc2cc1OC(C(=O)NCCc1nc(-c3ccccn3)no1)[C@H](C)NC(=O)CN(C(=O)c1scc3c1OCCO3)CC(C(C)C)NC2=O. The standard InChI is InChI=1S/C35H39N7O9S/c1-19(2)23-16-42(35(46)31-30-26(18-52-31)48-13-14-49-30)17-27(43)38-20(3)29(50-25-15-21(33(44)39-23)8-9-24(25)47-4)34(45)37-12-10-28-40-32(41-51-28)22-7-5-6-11-36-22/h5-9,11,15,18-20,23,29H,10,12-14,16-17H2,1-4H3,(H,37,45)(H,38,43)(H,39,44)/t20-,23?,29?/m0/s1. The summed E-state index contributed by atoms with van der Waals surface area (Å²) in [6.45, 7) is 5.79. The Morgan fingerprint density at radius 3 is 2.71 bits per heavy atom. The second kappa shape index (κ2) is 16.1. The van der Waals surface area contributed by atoms with Gasteiger partial charge >= 0.3 is 0 Å². The number of hydrogen-bond acceptors (Lipinski definition) is 13. The quantitative estimate of drug-likeness (QED) is 0.240. The van der Waals surface area contributed by atoms with E-state index in [1.165, 1.54) is 18.1 Å². The van der Waals surface area contributed by atoms with Crippen molar-refractivity contribution in [1.29, 1.82) is 0 Å². The highest BCUT2D eigenvalue weighted by molar-refractivity contribution is 7.12. The van der Waals surface area contributed by atoms with Crippen molar-refractivity contribution < 1.29 is 42.6 Å². The first-order chi connectivity index (χ1) is 25.1. The van der Waals surface area contributed by atoms with Crippen LogP contribution in [0.4, 0.5) is 0 Å². The number of ether oxygens (including phenoxy) is 4. The molecule has 2 aliphatic heterocycles. The Hall–Kier alpha value is -5.71. The molecule has 4 amide bonds. The molecule has 1 aromatic carbocycles. The van der Waals surface area contributed by atoms with E-state index in [1.54, 1.807) is 48.8 Å². The van der Waals surface area contributed by atoms with Crippen molar-refractivity contribution >= 4 is 35.0 Å². The van der Waals surface area contributed by atoms with Gasteiger partial charge in [-0.25, -0.2) is 0 Å². The maximum atomic E-state index is 14.0. The molecule has 6 rings (SSSR count). The third kappa shape index (κ3) is 8.25. The summed E-state index contributed by atoms with van der Waals surface area (Å²) in [6.07, 6.45) is 0.522. The Kier molecular flexibility index (Phi) is 11.2. The van der Waals surface area contributed by atoms with E-state index in [1.807, 2.05) is 13.8 Å². The fourth-order valence-electron chi connectivity index (χ4n) is 5.61. The number of amides is 4. The number of nitrogens with one attached hydrogen (secondary N) is 3. The van der Waals surface area contributed by atoms with Crippen LogP contribution >= 0.6 is 11.3 Å². The largest absolute Gasteiger partial charge is 0.493 e. The number of thiophene rings is 1. The van der Waals surface area contributed by atoms with Crippen LogP contribution in [0, 0.1) is 5.92 Å². The average molecular weight is 734 g/mol. The summed E-state index contributed by atoms with van der Waals surface area (Å²) >= 11 is 1.15. The molecule has 0 fully saturated rings. The minimum atomic E-state index is -1.30. The van der Waals surface area contributed by atoms with E-state index in [9.17, 15) is 19.2 Å². The van der Waals surface area contributed by atoms with Gasteiger partial charge in [-0.1, -0.05) is 25.1 Å². The zero-order chi connectivity index (χ0) is 36.8. The fourth-order valence-corrected chi connectivity index (χ4v) is 6.51. The average Bonchev–Trinajstić information content (AvgIpc) is 3.80. The summed E-state index contributed by atoms with van der Waals surface area (Å²) in [5.74, 6) is -0.378. The van der Waals surface area contributed by atoms with E-state index in [-0.39, 0.29) is 66.4 Å². The van der Waals surface area contributed by atoms with Crippen molar-refractivity contribution in [3.63, 3.8) is 0 Å². The predicted molar refractivity (Wildman–Crippen MR) is 187 cm³/mol. The molecule has 2 bridgehead atoms.